The molecule has 6 heteroatoms. The molecule has 0 saturated carbocycles. The van der Waals surface area contributed by atoms with Gasteiger partial charge in [0, 0.05) is 12.6 Å². The van der Waals surface area contributed by atoms with Crippen molar-refractivity contribution >= 4 is 19.1 Å². The highest BCUT2D eigenvalue weighted by Gasteiger charge is 2.06. The van der Waals surface area contributed by atoms with Crippen LogP contribution in [0.25, 0.3) is 11.1 Å². The van der Waals surface area contributed by atoms with E-state index < -0.39 is 0 Å². The lowest BCUT2D eigenvalue weighted by atomic mass is 10.0. The van der Waals surface area contributed by atoms with E-state index in [2.05, 4.69) is 42.5 Å². The molecule has 3 rings (SSSR count). The van der Waals surface area contributed by atoms with E-state index in [9.17, 15) is 4.39 Å². The first-order chi connectivity index (χ1) is 14.5. The summed E-state index contributed by atoms with van der Waals surface area (Å²) in [6.45, 7) is 13.5. The molecule has 0 aromatic heterocycles. The summed E-state index contributed by atoms with van der Waals surface area (Å²) in [6.07, 6.45) is 6.07. The number of dihydropyridines is 1. The molecule has 0 atom stereocenters. The molecule has 5 nitrogen and oxygen atoms in total. The normalized spacial score (nSPS) is 11.1. The Morgan fingerprint density at radius 3 is 2.30 bits per heavy atom. The second-order valence-corrected chi connectivity index (χ2v) is 6.02. The van der Waals surface area contributed by atoms with E-state index in [-0.39, 0.29) is 5.82 Å². The van der Waals surface area contributed by atoms with Gasteiger partial charge in [-0.2, -0.15) is 0 Å². The summed E-state index contributed by atoms with van der Waals surface area (Å²) in [5.41, 5.74) is 9.47. The van der Waals surface area contributed by atoms with Gasteiger partial charge in [-0.25, -0.2) is 4.39 Å². The van der Waals surface area contributed by atoms with Gasteiger partial charge in [-0.15, -0.1) is 0 Å². The van der Waals surface area contributed by atoms with Crippen LogP contribution in [0.3, 0.4) is 0 Å². The molecular formula is C24H33FN4O. The summed E-state index contributed by atoms with van der Waals surface area (Å²) in [5.74, 6) is 0.241. The lowest BCUT2D eigenvalue weighted by Crippen LogP contribution is -2.10. The molecule has 0 aliphatic carbocycles. The Kier molecular flexibility index (Phi) is 14.0. The maximum absolute atomic E-state index is 13.6. The van der Waals surface area contributed by atoms with E-state index in [1.54, 1.807) is 0 Å². The lowest BCUT2D eigenvalue weighted by molar-refractivity contribution is 0.338. The standard InChI is InChI=1S/C16H16FNO.C6H9N.CH5N.CH3N/c1-4-19-15-9-13(8-14(17)10-15)12-5-6-16(18-3)11(2)7-12;1-6-3-2-4-7-5-6;2*1-2/h5-10H,3-4H2,1-2H3;2-4,7H,5H2,1H3;2H2,1H3;2H,1H2. The van der Waals surface area contributed by atoms with Crippen LogP contribution in [0.1, 0.15) is 19.4 Å². The quantitative estimate of drug-likeness (QED) is 0.586. The van der Waals surface area contributed by atoms with Gasteiger partial charge in [0.2, 0.25) is 0 Å². The average Bonchev–Trinajstić information content (AvgIpc) is 2.77. The molecule has 0 spiro atoms. The van der Waals surface area contributed by atoms with Gasteiger partial charge < -0.3 is 21.2 Å². The minimum Gasteiger partial charge on any atom is -0.494 e. The van der Waals surface area contributed by atoms with E-state index >= 15 is 0 Å². The number of hydrogen-bond donors (Lipinski definition) is 3. The van der Waals surface area contributed by atoms with Crippen LogP contribution in [-0.4, -0.2) is 33.6 Å². The van der Waals surface area contributed by atoms with Gasteiger partial charge in [-0.1, -0.05) is 17.7 Å². The molecule has 162 valence electrons. The SMILES string of the molecule is C=N.C=Nc1ccc(-c2cc(F)cc(OCC)c2)cc1C.CC1=CC=CNC1.CN. The molecule has 0 fully saturated rings. The number of benzene rings is 2. The van der Waals surface area contributed by atoms with E-state index in [0.29, 0.717) is 12.4 Å². The first-order valence-corrected chi connectivity index (χ1v) is 9.53. The highest BCUT2D eigenvalue weighted by atomic mass is 19.1. The van der Waals surface area contributed by atoms with Crippen molar-refractivity contribution in [3.8, 4) is 16.9 Å². The summed E-state index contributed by atoms with van der Waals surface area (Å²) < 4.78 is 18.9. The third-order valence-electron chi connectivity index (χ3n) is 3.86. The van der Waals surface area contributed by atoms with Crippen molar-refractivity contribution in [3.05, 3.63) is 71.7 Å². The molecule has 4 N–H and O–H groups in total. The fourth-order valence-electron chi connectivity index (χ4n) is 2.55. The number of hydrogen-bond acceptors (Lipinski definition) is 5. The molecule has 2 aromatic rings. The molecule has 1 aliphatic rings. The lowest BCUT2D eigenvalue weighted by Gasteiger charge is -2.09. The summed E-state index contributed by atoms with van der Waals surface area (Å²) >= 11 is 0. The molecule has 0 radical (unpaired) electrons. The second kappa shape index (κ2) is 15.6. The molecule has 1 heterocycles. The fourth-order valence-corrected chi connectivity index (χ4v) is 2.55. The largest absolute Gasteiger partial charge is 0.494 e. The summed E-state index contributed by atoms with van der Waals surface area (Å²) in [4.78, 5) is 3.92. The number of aryl methyl sites for hydroxylation is 1. The third-order valence-corrected chi connectivity index (χ3v) is 3.86. The zero-order valence-corrected chi connectivity index (χ0v) is 18.3. The first-order valence-electron chi connectivity index (χ1n) is 9.53. The number of rotatable bonds is 4. The fraction of sp³-hybridized carbons (Fsp3) is 0.250. The zero-order valence-electron chi connectivity index (χ0n) is 18.3. The molecule has 0 amide bonds. The van der Waals surface area contributed by atoms with Gasteiger partial charge in [-0.3, -0.25) is 4.99 Å². The highest BCUT2D eigenvalue weighted by molar-refractivity contribution is 5.69. The predicted octanol–water partition coefficient (Wildman–Crippen LogP) is 5.42. The van der Waals surface area contributed by atoms with Crippen molar-refractivity contribution < 1.29 is 9.13 Å². The molecule has 0 unspecified atom stereocenters. The van der Waals surface area contributed by atoms with Crippen LogP contribution >= 0.6 is 0 Å². The summed E-state index contributed by atoms with van der Waals surface area (Å²) in [6, 6.07) is 10.5. The van der Waals surface area contributed by atoms with E-state index in [4.69, 9.17) is 10.1 Å². The van der Waals surface area contributed by atoms with E-state index in [1.165, 1.54) is 24.8 Å². The van der Waals surface area contributed by atoms with Gasteiger partial charge in [0.1, 0.15) is 11.6 Å². The average molecular weight is 413 g/mol. The third kappa shape index (κ3) is 9.30. The Morgan fingerprint density at radius 1 is 1.13 bits per heavy atom. The van der Waals surface area contributed by atoms with Gasteiger partial charge in [-0.05, 0) is 94.5 Å². The Bertz CT molecular complexity index is 847. The summed E-state index contributed by atoms with van der Waals surface area (Å²) in [5, 5.41) is 8.59. The smallest absolute Gasteiger partial charge is 0.127 e. The Balaban J connectivity index is 0.000000636. The highest BCUT2D eigenvalue weighted by Crippen LogP contribution is 2.29. The van der Waals surface area contributed by atoms with Crippen LogP contribution in [0.15, 0.2) is 65.3 Å². The maximum atomic E-state index is 13.6. The van der Waals surface area contributed by atoms with Crippen molar-refractivity contribution in [2.24, 2.45) is 10.7 Å². The van der Waals surface area contributed by atoms with Gasteiger partial charge in [0.05, 0.1) is 12.3 Å². The zero-order chi connectivity index (χ0) is 22.9. The van der Waals surface area contributed by atoms with E-state index in [1.807, 2.05) is 50.4 Å². The van der Waals surface area contributed by atoms with Crippen LogP contribution in [0, 0.1) is 18.2 Å². The van der Waals surface area contributed by atoms with Crippen molar-refractivity contribution in [2.75, 3.05) is 20.2 Å². The number of nitrogens with zero attached hydrogens (tertiary/aromatic N) is 1. The van der Waals surface area contributed by atoms with E-state index in [0.717, 1.165) is 28.9 Å². The first kappa shape index (κ1) is 26.8. The van der Waals surface area contributed by atoms with Crippen LogP contribution in [0.4, 0.5) is 10.1 Å². The van der Waals surface area contributed by atoms with Crippen molar-refractivity contribution in [2.45, 2.75) is 20.8 Å². The molecular weight excluding hydrogens is 379 g/mol. The monoisotopic (exact) mass is 412 g/mol. The van der Waals surface area contributed by atoms with Crippen LogP contribution < -0.4 is 15.8 Å². The topological polar surface area (TPSA) is 83.5 Å². The number of ether oxygens (including phenoxy) is 1. The molecule has 0 bridgehead atoms. The van der Waals surface area contributed by atoms with Crippen molar-refractivity contribution in [1.82, 2.24) is 5.32 Å². The van der Waals surface area contributed by atoms with Crippen LogP contribution in [0.2, 0.25) is 0 Å². The van der Waals surface area contributed by atoms with Gasteiger partial charge in [0.15, 0.2) is 0 Å². The second-order valence-electron chi connectivity index (χ2n) is 6.02. The number of nitrogens with two attached hydrogens (primary N) is 1. The minimum absolute atomic E-state index is 0.301. The predicted molar refractivity (Wildman–Crippen MR) is 128 cm³/mol. The Labute approximate surface area is 179 Å². The molecule has 2 aromatic carbocycles. The Hall–Kier alpha value is -3.25. The Morgan fingerprint density at radius 2 is 1.83 bits per heavy atom. The van der Waals surface area contributed by atoms with Crippen molar-refractivity contribution in [3.63, 3.8) is 0 Å². The number of nitrogens with one attached hydrogen (secondary N) is 2. The minimum atomic E-state index is -0.301. The maximum Gasteiger partial charge on any atom is 0.127 e. The van der Waals surface area contributed by atoms with Gasteiger partial charge >= 0.3 is 0 Å². The van der Waals surface area contributed by atoms with Crippen LogP contribution in [0.5, 0.6) is 5.75 Å². The number of aliphatic imine (C=N–C) groups is 1. The molecule has 0 saturated heterocycles. The summed E-state index contributed by atoms with van der Waals surface area (Å²) in [7, 11) is 1.50. The number of halogens is 1. The van der Waals surface area contributed by atoms with Gasteiger partial charge in [0.25, 0.3) is 0 Å². The molecule has 1 aliphatic heterocycles. The molecule has 30 heavy (non-hydrogen) atoms. The van der Waals surface area contributed by atoms with Crippen molar-refractivity contribution in [1.29, 1.82) is 5.41 Å². The van der Waals surface area contributed by atoms with Crippen LogP contribution in [-0.2, 0) is 0 Å². The number of allylic oxidation sites excluding steroid dienone is 2.